The Hall–Kier alpha value is -2.59. The van der Waals surface area contributed by atoms with E-state index < -0.39 is 4.92 Å². The number of nitrogens with zero attached hydrogens (tertiary/aromatic N) is 3. The monoisotopic (exact) mass is 361 g/mol. The van der Waals surface area contributed by atoms with Crippen LogP contribution in [0.1, 0.15) is 21.6 Å². The van der Waals surface area contributed by atoms with E-state index in [1.165, 1.54) is 18.3 Å². The van der Waals surface area contributed by atoms with Gasteiger partial charge in [-0.3, -0.25) is 14.9 Å². The fourth-order valence-corrected chi connectivity index (χ4v) is 1.90. The summed E-state index contributed by atoms with van der Waals surface area (Å²) in [6.07, 6.45) is 1.52. The molecule has 22 heavy (non-hydrogen) atoms. The standard InChI is InChI=1S/C15H12N3O3.BrH/c1-11-8-14(18(20)21)6-7-17(11)10-15(19)13-4-2-12(9-16)3-5-13;/h2-8H,10H2,1H3;1H/q+1;/p-1. The molecule has 0 unspecified atom stereocenters. The van der Waals surface area contributed by atoms with Crippen LogP contribution in [0.4, 0.5) is 5.69 Å². The third kappa shape index (κ3) is 3.96. The second-order valence-corrected chi connectivity index (χ2v) is 4.52. The Kier molecular flexibility index (Phi) is 5.90. The van der Waals surface area contributed by atoms with Crippen LogP contribution in [0.15, 0.2) is 42.6 Å². The first-order chi connectivity index (χ1) is 10.0. The first-order valence-electron chi connectivity index (χ1n) is 6.19. The van der Waals surface area contributed by atoms with Gasteiger partial charge < -0.3 is 17.0 Å². The zero-order chi connectivity index (χ0) is 15.4. The normalized spacial score (nSPS) is 9.45. The van der Waals surface area contributed by atoms with Gasteiger partial charge in [-0.05, 0) is 24.3 Å². The van der Waals surface area contributed by atoms with Crippen molar-refractivity contribution in [2.75, 3.05) is 0 Å². The molecular formula is C15H12BrN3O3. The highest BCUT2D eigenvalue weighted by atomic mass is 79.9. The molecule has 0 bridgehead atoms. The molecular weight excluding hydrogens is 350 g/mol. The summed E-state index contributed by atoms with van der Waals surface area (Å²) < 4.78 is 1.65. The molecule has 1 aromatic heterocycles. The lowest BCUT2D eigenvalue weighted by Gasteiger charge is -2.01. The Bertz CT molecular complexity index is 752. The van der Waals surface area contributed by atoms with Gasteiger partial charge in [0.2, 0.25) is 12.3 Å². The van der Waals surface area contributed by atoms with Crippen LogP contribution in [-0.2, 0) is 6.54 Å². The van der Waals surface area contributed by atoms with Crippen LogP contribution in [-0.4, -0.2) is 10.7 Å². The number of halogens is 1. The zero-order valence-electron chi connectivity index (χ0n) is 11.7. The van der Waals surface area contributed by atoms with E-state index in [1.807, 2.05) is 6.07 Å². The van der Waals surface area contributed by atoms with Crippen molar-refractivity contribution in [3.63, 3.8) is 0 Å². The number of aryl methyl sites for hydroxylation is 1. The molecule has 0 saturated heterocycles. The highest BCUT2D eigenvalue weighted by molar-refractivity contribution is 5.95. The van der Waals surface area contributed by atoms with E-state index in [1.54, 1.807) is 35.8 Å². The number of pyridine rings is 1. The summed E-state index contributed by atoms with van der Waals surface area (Å²) in [6, 6.07) is 11.1. The average molecular weight is 362 g/mol. The molecule has 1 aromatic carbocycles. The maximum Gasteiger partial charge on any atom is 0.281 e. The van der Waals surface area contributed by atoms with E-state index in [9.17, 15) is 14.9 Å². The fraction of sp³-hybridized carbons (Fsp3) is 0.133. The number of carbonyl (C=O) groups is 1. The number of nitriles is 1. The summed E-state index contributed by atoms with van der Waals surface area (Å²) >= 11 is 0. The van der Waals surface area contributed by atoms with Gasteiger partial charge >= 0.3 is 0 Å². The molecule has 0 fully saturated rings. The Balaban J connectivity index is 0.00000242. The summed E-state index contributed by atoms with van der Waals surface area (Å²) in [5.41, 5.74) is 1.62. The fourth-order valence-electron chi connectivity index (χ4n) is 1.90. The number of aromatic nitrogens is 1. The topological polar surface area (TPSA) is 87.9 Å². The molecule has 0 aliphatic rings. The van der Waals surface area contributed by atoms with E-state index >= 15 is 0 Å². The molecule has 0 aliphatic carbocycles. The average Bonchev–Trinajstić information content (AvgIpc) is 2.49. The predicted octanol–water partition coefficient (Wildman–Crippen LogP) is -1.05. The lowest BCUT2D eigenvalue weighted by molar-refractivity contribution is -0.689. The van der Waals surface area contributed by atoms with Crippen LogP contribution < -0.4 is 21.5 Å². The molecule has 6 nitrogen and oxygen atoms in total. The number of nitro groups is 1. The van der Waals surface area contributed by atoms with Gasteiger partial charge in [0.1, 0.15) is 0 Å². The molecule has 0 amide bonds. The van der Waals surface area contributed by atoms with Crippen LogP contribution in [0.5, 0.6) is 0 Å². The van der Waals surface area contributed by atoms with Crippen LogP contribution in [0.2, 0.25) is 0 Å². The Labute approximate surface area is 137 Å². The highest BCUT2D eigenvalue weighted by Gasteiger charge is 2.17. The largest absolute Gasteiger partial charge is 1.00 e. The molecule has 0 N–H and O–H groups in total. The van der Waals surface area contributed by atoms with Gasteiger partial charge in [0.05, 0.1) is 28.7 Å². The minimum atomic E-state index is -0.472. The summed E-state index contributed by atoms with van der Waals surface area (Å²) in [7, 11) is 0. The van der Waals surface area contributed by atoms with Crippen molar-refractivity contribution in [1.29, 1.82) is 5.26 Å². The number of ketones is 1. The lowest BCUT2D eigenvalue weighted by atomic mass is 10.1. The van der Waals surface area contributed by atoms with Gasteiger partial charge in [-0.1, -0.05) is 0 Å². The Morgan fingerprint density at radius 2 is 1.95 bits per heavy atom. The van der Waals surface area contributed by atoms with Crippen LogP contribution in [0, 0.1) is 28.4 Å². The quantitative estimate of drug-likeness (QED) is 0.301. The second kappa shape index (κ2) is 7.43. The Morgan fingerprint density at radius 3 is 2.45 bits per heavy atom. The molecule has 0 saturated carbocycles. The number of rotatable bonds is 4. The van der Waals surface area contributed by atoms with Gasteiger partial charge in [-0.2, -0.15) is 9.83 Å². The molecule has 7 heteroatoms. The molecule has 0 spiro atoms. The van der Waals surface area contributed by atoms with E-state index in [4.69, 9.17) is 5.26 Å². The second-order valence-electron chi connectivity index (χ2n) is 4.52. The maximum absolute atomic E-state index is 12.1. The first-order valence-corrected chi connectivity index (χ1v) is 6.19. The van der Waals surface area contributed by atoms with Gasteiger partial charge in [0.25, 0.3) is 5.69 Å². The van der Waals surface area contributed by atoms with Crippen molar-refractivity contribution in [1.82, 2.24) is 0 Å². The maximum atomic E-state index is 12.1. The number of benzene rings is 1. The summed E-state index contributed by atoms with van der Waals surface area (Å²) in [5, 5.41) is 19.4. The van der Waals surface area contributed by atoms with Crippen LogP contribution in [0.25, 0.3) is 0 Å². The van der Waals surface area contributed by atoms with E-state index in [0.29, 0.717) is 16.8 Å². The molecule has 0 aliphatic heterocycles. The molecule has 112 valence electrons. The van der Waals surface area contributed by atoms with Crippen molar-refractivity contribution in [2.24, 2.45) is 0 Å². The van der Waals surface area contributed by atoms with Gasteiger partial charge in [-0.25, -0.2) is 0 Å². The summed E-state index contributed by atoms with van der Waals surface area (Å²) in [6.45, 7) is 1.80. The number of hydrogen-bond acceptors (Lipinski definition) is 4. The van der Waals surface area contributed by atoms with Crippen molar-refractivity contribution in [3.8, 4) is 6.07 Å². The van der Waals surface area contributed by atoms with E-state index in [0.717, 1.165) is 0 Å². The molecule has 2 rings (SSSR count). The van der Waals surface area contributed by atoms with Crippen molar-refractivity contribution in [2.45, 2.75) is 13.5 Å². The van der Waals surface area contributed by atoms with Gasteiger partial charge in [0, 0.05) is 12.5 Å². The van der Waals surface area contributed by atoms with Crippen molar-refractivity contribution >= 4 is 11.5 Å². The number of Topliss-reactive ketones (excluding diaryl/α,β-unsaturated/α-hetero) is 1. The number of carbonyl (C=O) groups excluding carboxylic acids is 1. The lowest BCUT2D eigenvalue weighted by Crippen LogP contribution is -3.00. The first kappa shape index (κ1) is 17.5. The number of hydrogen-bond donors (Lipinski definition) is 0. The molecule has 2 aromatic rings. The van der Waals surface area contributed by atoms with E-state index in [2.05, 4.69) is 0 Å². The van der Waals surface area contributed by atoms with Crippen molar-refractivity contribution < 1.29 is 31.3 Å². The van der Waals surface area contributed by atoms with Gasteiger partial charge in [-0.15, -0.1) is 0 Å². The van der Waals surface area contributed by atoms with E-state index in [-0.39, 0.29) is 35.0 Å². The summed E-state index contributed by atoms with van der Waals surface area (Å²) in [4.78, 5) is 22.3. The SMILES string of the molecule is Cc1cc([N+](=O)[O-])cc[n+]1CC(=O)c1ccc(C#N)cc1.[Br-]. The zero-order valence-corrected chi connectivity index (χ0v) is 13.3. The van der Waals surface area contributed by atoms with Crippen LogP contribution in [0.3, 0.4) is 0 Å². The molecule has 0 atom stereocenters. The van der Waals surface area contributed by atoms with Crippen LogP contribution >= 0.6 is 0 Å². The minimum absolute atomic E-state index is 0. The molecule has 0 radical (unpaired) electrons. The Morgan fingerprint density at radius 1 is 1.32 bits per heavy atom. The third-order valence-corrected chi connectivity index (χ3v) is 3.10. The van der Waals surface area contributed by atoms with Crippen molar-refractivity contribution in [3.05, 3.63) is 69.5 Å². The summed E-state index contributed by atoms with van der Waals surface area (Å²) in [5.74, 6) is -0.124. The predicted molar refractivity (Wildman–Crippen MR) is 73.5 cm³/mol. The third-order valence-electron chi connectivity index (χ3n) is 3.10. The highest BCUT2D eigenvalue weighted by Crippen LogP contribution is 2.09. The smallest absolute Gasteiger partial charge is 0.281 e. The van der Waals surface area contributed by atoms with Gasteiger partial charge in [0.15, 0.2) is 11.9 Å². The minimum Gasteiger partial charge on any atom is -1.00 e. The molecule has 1 heterocycles.